The van der Waals surface area contributed by atoms with Gasteiger partial charge in [-0.1, -0.05) is 19.8 Å². The molecule has 1 aliphatic carbocycles. The molecule has 0 aliphatic heterocycles. The fraction of sp³-hybridized carbons (Fsp3) is 0.909. The van der Waals surface area contributed by atoms with Crippen molar-refractivity contribution >= 4 is 17.5 Å². The molecule has 4 heteroatoms. The summed E-state index contributed by atoms with van der Waals surface area (Å²) in [6.45, 7) is 3.40. The Morgan fingerprint density at radius 2 is 2.20 bits per heavy atom. The van der Waals surface area contributed by atoms with E-state index >= 15 is 0 Å². The molecule has 0 bridgehead atoms. The predicted octanol–water partition coefficient (Wildman–Crippen LogP) is 1.94. The lowest BCUT2D eigenvalue weighted by Crippen LogP contribution is -2.32. The molecule has 0 spiro atoms. The smallest absolute Gasteiger partial charge is 0.235 e. The van der Waals surface area contributed by atoms with E-state index in [0.717, 1.165) is 6.42 Å². The molecule has 2 unspecified atom stereocenters. The van der Waals surface area contributed by atoms with Crippen molar-refractivity contribution in [3.63, 3.8) is 0 Å². The van der Waals surface area contributed by atoms with Gasteiger partial charge in [-0.15, -0.1) is 11.6 Å². The molecule has 1 aliphatic rings. The zero-order chi connectivity index (χ0) is 11.1. The monoisotopic (exact) mass is 233 g/mol. The fourth-order valence-electron chi connectivity index (χ4n) is 1.98. The van der Waals surface area contributed by atoms with E-state index in [0.29, 0.717) is 25.2 Å². The predicted molar refractivity (Wildman–Crippen MR) is 61.1 cm³/mol. The molecular formula is C11H20ClNO2. The lowest BCUT2D eigenvalue weighted by Gasteiger charge is -2.28. The molecule has 0 heterocycles. The van der Waals surface area contributed by atoms with Crippen LogP contribution in [0.25, 0.3) is 0 Å². The zero-order valence-corrected chi connectivity index (χ0v) is 10.1. The average molecular weight is 234 g/mol. The summed E-state index contributed by atoms with van der Waals surface area (Å²) < 4.78 is 5.73. The highest BCUT2D eigenvalue weighted by molar-refractivity contribution is 6.27. The van der Waals surface area contributed by atoms with E-state index in [-0.39, 0.29) is 11.8 Å². The maximum Gasteiger partial charge on any atom is 0.235 e. The summed E-state index contributed by atoms with van der Waals surface area (Å²) in [4.78, 5) is 10.8. The minimum atomic E-state index is -0.128. The second kappa shape index (κ2) is 7.07. The molecule has 0 aromatic rings. The van der Waals surface area contributed by atoms with Gasteiger partial charge < -0.3 is 10.1 Å². The van der Waals surface area contributed by atoms with E-state index in [4.69, 9.17) is 16.3 Å². The summed E-state index contributed by atoms with van der Waals surface area (Å²) >= 11 is 5.35. The van der Waals surface area contributed by atoms with Crippen LogP contribution in [-0.2, 0) is 9.53 Å². The third-order valence-electron chi connectivity index (χ3n) is 2.91. The van der Waals surface area contributed by atoms with Crippen molar-refractivity contribution in [3.05, 3.63) is 0 Å². The lowest BCUT2D eigenvalue weighted by atomic mass is 9.88. The summed E-state index contributed by atoms with van der Waals surface area (Å²) in [6, 6.07) is 0. The van der Waals surface area contributed by atoms with Gasteiger partial charge in [-0.05, 0) is 18.8 Å². The highest BCUT2D eigenvalue weighted by Crippen LogP contribution is 2.25. The van der Waals surface area contributed by atoms with Gasteiger partial charge >= 0.3 is 0 Å². The molecule has 0 saturated heterocycles. The van der Waals surface area contributed by atoms with Crippen LogP contribution >= 0.6 is 11.6 Å². The first-order valence-corrected chi connectivity index (χ1v) is 6.21. The largest absolute Gasteiger partial charge is 0.376 e. The number of nitrogens with one attached hydrogen (secondary N) is 1. The molecule has 1 amide bonds. The van der Waals surface area contributed by atoms with Gasteiger partial charge in [0, 0.05) is 6.54 Å². The van der Waals surface area contributed by atoms with Gasteiger partial charge in [0.2, 0.25) is 5.91 Å². The van der Waals surface area contributed by atoms with E-state index in [1.54, 1.807) is 0 Å². The van der Waals surface area contributed by atoms with Gasteiger partial charge in [0.05, 0.1) is 12.7 Å². The van der Waals surface area contributed by atoms with Crippen LogP contribution in [-0.4, -0.2) is 31.0 Å². The highest BCUT2D eigenvalue weighted by Gasteiger charge is 2.21. The molecule has 3 nitrogen and oxygen atoms in total. The average Bonchev–Trinajstić information content (AvgIpc) is 2.26. The van der Waals surface area contributed by atoms with E-state index in [9.17, 15) is 4.79 Å². The number of hydrogen-bond donors (Lipinski definition) is 1. The van der Waals surface area contributed by atoms with Crippen molar-refractivity contribution in [2.45, 2.75) is 38.7 Å². The molecule has 1 saturated carbocycles. The summed E-state index contributed by atoms with van der Waals surface area (Å²) in [7, 11) is 0. The Hall–Kier alpha value is -0.280. The summed E-state index contributed by atoms with van der Waals surface area (Å²) in [5.41, 5.74) is 0. The van der Waals surface area contributed by atoms with Crippen LogP contribution in [0.4, 0.5) is 0 Å². The molecule has 88 valence electrons. The Bertz CT molecular complexity index is 199. The van der Waals surface area contributed by atoms with Crippen molar-refractivity contribution in [1.29, 1.82) is 0 Å². The van der Waals surface area contributed by atoms with Crippen LogP contribution in [0.2, 0.25) is 0 Å². The SMILES string of the molecule is CC1CCCCC1OCCNC(=O)CCl. The van der Waals surface area contributed by atoms with E-state index in [1.807, 2.05) is 0 Å². The van der Waals surface area contributed by atoms with E-state index in [1.165, 1.54) is 19.3 Å². The van der Waals surface area contributed by atoms with Crippen LogP contribution in [0.1, 0.15) is 32.6 Å². The Morgan fingerprint density at radius 1 is 1.47 bits per heavy atom. The van der Waals surface area contributed by atoms with Crippen molar-refractivity contribution in [1.82, 2.24) is 5.32 Å². The third kappa shape index (κ3) is 4.85. The second-order valence-electron chi connectivity index (χ2n) is 4.15. The zero-order valence-electron chi connectivity index (χ0n) is 9.30. The van der Waals surface area contributed by atoms with Gasteiger partial charge in [0.25, 0.3) is 0 Å². The molecule has 0 aromatic carbocycles. The summed E-state index contributed by atoms with van der Waals surface area (Å²) in [5.74, 6) is 0.555. The standard InChI is InChI=1S/C11H20ClNO2/c1-9-4-2-3-5-10(9)15-7-6-13-11(14)8-12/h9-10H,2-8H2,1H3,(H,13,14). The second-order valence-corrected chi connectivity index (χ2v) is 4.42. The van der Waals surface area contributed by atoms with Crippen molar-refractivity contribution in [2.24, 2.45) is 5.92 Å². The Kier molecular flexibility index (Phi) is 6.03. The maximum absolute atomic E-state index is 10.8. The van der Waals surface area contributed by atoms with Crippen molar-refractivity contribution < 1.29 is 9.53 Å². The van der Waals surface area contributed by atoms with Gasteiger partial charge in [0.1, 0.15) is 5.88 Å². The van der Waals surface area contributed by atoms with Crippen molar-refractivity contribution in [2.75, 3.05) is 19.0 Å². The summed E-state index contributed by atoms with van der Waals surface area (Å²) in [6.07, 6.45) is 5.39. The number of halogens is 1. The quantitative estimate of drug-likeness (QED) is 0.582. The minimum absolute atomic E-state index is 0.0276. The van der Waals surface area contributed by atoms with Crippen molar-refractivity contribution in [3.8, 4) is 0 Å². The lowest BCUT2D eigenvalue weighted by molar-refractivity contribution is -0.119. The molecule has 1 rings (SSSR count). The molecular weight excluding hydrogens is 214 g/mol. The van der Waals surface area contributed by atoms with Crippen LogP contribution in [0.5, 0.6) is 0 Å². The highest BCUT2D eigenvalue weighted by atomic mass is 35.5. The number of carbonyl (C=O) groups is 1. The van der Waals surface area contributed by atoms with Crippen LogP contribution < -0.4 is 5.32 Å². The summed E-state index contributed by atoms with van der Waals surface area (Å²) in [5, 5.41) is 2.69. The minimum Gasteiger partial charge on any atom is -0.376 e. The first kappa shape index (κ1) is 12.8. The van der Waals surface area contributed by atoms with Gasteiger partial charge in [0.15, 0.2) is 0 Å². The van der Waals surface area contributed by atoms with E-state index in [2.05, 4.69) is 12.2 Å². The first-order valence-electron chi connectivity index (χ1n) is 5.68. The third-order valence-corrected chi connectivity index (χ3v) is 3.15. The fourth-order valence-corrected chi connectivity index (χ4v) is 2.07. The molecule has 15 heavy (non-hydrogen) atoms. The van der Waals surface area contributed by atoms with E-state index < -0.39 is 0 Å². The Balaban J connectivity index is 2.06. The molecule has 0 aromatic heterocycles. The number of carbonyl (C=O) groups excluding carboxylic acids is 1. The molecule has 1 fully saturated rings. The first-order chi connectivity index (χ1) is 7.24. The molecule has 1 N–H and O–H groups in total. The molecule has 0 radical (unpaired) electrons. The number of ether oxygens (including phenoxy) is 1. The van der Waals surface area contributed by atoms with Gasteiger partial charge in [-0.3, -0.25) is 4.79 Å². The topological polar surface area (TPSA) is 38.3 Å². The van der Waals surface area contributed by atoms with Crippen LogP contribution in [0, 0.1) is 5.92 Å². The number of alkyl halides is 1. The van der Waals surface area contributed by atoms with Gasteiger partial charge in [-0.25, -0.2) is 0 Å². The number of amides is 1. The number of rotatable bonds is 5. The Labute approximate surface area is 96.5 Å². The van der Waals surface area contributed by atoms with Gasteiger partial charge in [-0.2, -0.15) is 0 Å². The van der Waals surface area contributed by atoms with Crippen LogP contribution in [0.15, 0.2) is 0 Å². The van der Waals surface area contributed by atoms with Crippen LogP contribution in [0.3, 0.4) is 0 Å². The number of hydrogen-bond acceptors (Lipinski definition) is 2. The Morgan fingerprint density at radius 3 is 2.87 bits per heavy atom. The maximum atomic E-state index is 10.8. The normalized spacial score (nSPS) is 26.3. The molecule has 2 atom stereocenters.